The van der Waals surface area contributed by atoms with Crippen LogP contribution in [0.3, 0.4) is 0 Å². The first kappa shape index (κ1) is 23.8. The first-order chi connectivity index (χ1) is 16.1. The van der Waals surface area contributed by atoms with Crippen molar-refractivity contribution in [2.75, 3.05) is 5.32 Å². The average molecular weight is 476 g/mol. The lowest BCUT2D eigenvalue weighted by Crippen LogP contribution is -2.38. The summed E-state index contributed by atoms with van der Waals surface area (Å²) in [6, 6.07) is 15.6. The van der Waals surface area contributed by atoms with E-state index in [1.54, 1.807) is 0 Å². The fraction of sp³-hybridized carbons (Fsp3) is 0.345. The lowest BCUT2D eigenvalue weighted by Gasteiger charge is -2.09. The summed E-state index contributed by atoms with van der Waals surface area (Å²) in [5.74, 6) is 1.39. The van der Waals surface area contributed by atoms with Crippen molar-refractivity contribution in [3.05, 3.63) is 82.4 Å². The van der Waals surface area contributed by atoms with E-state index < -0.39 is 0 Å². The van der Waals surface area contributed by atoms with Crippen LogP contribution in [0.25, 0.3) is 16.3 Å². The SMILES string of the molecule is CC[C@H](C)Cc1ccc2c(c1)NC(=CC=CC=Cc1sc3ccccc3[n+]1C[C@@H](C)CC)S2. The zero-order valence-corrected chi connectivity index (χ0v) is 21.8. The number of benzene rings is 2. The Morgan fingerprint density at radius 1 is 0.970 bits per heavy atom. The van der Waals surface area contributed by atoms with Gasteiger partial charge in [0, 0.05) is 23.0 Å². The number of fused-ring (bicyclic) bond motifs is 2. The molecule has 3 aromatic rings. The van der Waals surface area contributed by atoms with Crippen LogP contribution in [0.1, 0.15) is 51.1 Å². The molecule has 172 valence electrons. The number of anilines is 1. The smallest absolute Gasteiger partial charge is 0.262 e. The van der Waals surface area contributed by atoms with Gasteiger partial charge in [-0.1, -0.05) is 93.6 Å². The van der Waals surface area contributed by atoms with Gasteiger partial charge in [-0.25, -0.2) is 0 Å². The Morgan fingerprint density at radius 2 is 1.79 bits per heavy atom. The van der Waals surface area contributed by atoms with Gasteiger partial charge in [-0.3, -0.25) is 0 Å². The average Bonchev–Trinajstić information content (AvgIpc) is 3.39. The van der Waals surface area contributed by atoms with Gasteiger partial charge in [-0.15, -0.1) is 0 Å². The van der Waals surface area contributed by atoms with Crippen LogP contribution in [0.5, 0.6) is 0 Å². The van der Waals surface area contributed by atoms with Crippen LogP contribution in [0.4, 0.5) is 5.69 Å². The molecule has 2 heterocycles. The molecule has 1 aliphatic heterocycles. The van der Waals surface area contributed by atoms with Gasteiger partial charge in [0.1, 0.15) is 4.70 Å². The van der Waals surface area contributed by atoms with Crippen molar-refractivity contribution in [2.45, 2.75) is 58.4 Å². The number of nitrogens with one attached hydrogen (secondary N) is 1. The lowest BCUT2D eigenvalue weighted by atomic mass is 9.99. The molecule has 0 fully saturated rings. The molecule has 2 aromatic carbocycles. The Morgan fingerprint density at radius 3 is 2.61 bits per heavy atom. The monoisotopic (exact) mass is 475 g/mol. The predicted molar refractivity (Wildman–Crippen MR) is 147 cm³/mol. The minimum atomic E-state index is 0.665. The summed E-state index contributed by atoms with van der Waals surface area (Å²) < 4.78 is 3.82. The number of aromatic nitrogens is 1. The Hall–Kier alpha value is -2.30. The van der Waals surface area contributed by atoms with E-state index in [0.29, 0.717) is 5.92 Å². The van der Waals surface area contributed by atoms with Crippen molar-refractivity contribution in [3.63, 3.8) is 0 Å². The highest BCUT2D eigenvalue weighted by atomic mass is 32.2. The van der Waals surface area contributed by atoms with Gasteiger partial charge in [0.05, 0.1) is 10.7 Å². The molecule has 0 unspecified atom stereocenters. The number of allylic oxidation sites excluding steroid dienone is 4. The van der Waals surface area contributed by atoms with Crippen molar-refractivity contribution in [1.29, 1.82) is 0 Å². The van der Waals surface area contributed by atoms with Crippen molar-refractivity contribution in [3.8, 4) is 0 Å². The standard InChI is InChI=1S/C29H34N2S2/c1-5-21(3)18-23-16-17-26-24(19-23)30-28(32-26)14-8-7-9-15-29-31(20-22(4)6-2)25-12-10-11-13-27(25)33-29/h7-17,19,21-22H,5-6,18,20H2,1-4H3/p+1/t21-,22-/m0/s1. The molecule has 0 saturated heterocycles. The van der Waals surface area contributed by atoms with Crippen LogP contribution < -0.4 is 9.88 Å². The summed E-state index contributed by atoms with van der Waals surface area (Å²) in [6.45, 7) is 10.2. The fourth-order valence-electron chi connectivity index (χ4n) is 3.94. The maximum Gasteiger partial charge on any atom is 0.262 e. The lowest BCUT2D eigenvalue weighted by molar-refractivity contribution is -0.675. The molecule has 2 nitrogen and oxygen atoms in total. The van der Waals surface area contributed by atoms with Crippen LogP contribution >= 0.6 is 23.1 Å². The molecule has 0 saturated carbocycles. The van der Waals surface area contributed by atoms with Crippen LogP contribution in [-0.4, -0.2) is 0 Å². The highest BCUT2D eigenvalue weighted by molar-refractivity contribution is 8.03. The molecule has 0 radical (unpaired) electrons. The molecular formula is C29H35N2S2+. The Balaban J connectivity index is 1.43. The molecule has 4 rings (SSSR count). The largest absolute Gasteiger partial charge is 0.349 e. The van der Waals surface area contributed by atoms with Crippen molar-refractivity contribution < 1.29 is 4.57 Å². The van der Waals surface area contributed by atoms with E-state index in [0.717, 1.165) is 18.9 Å². The molecular weight excluding hydrogens is 440 g/mol. The number of rotatable bonds is 9. The third kappa shape index (κ3) is 5.99. The quantitative estimate of drug-likeness (QED) is 0.247. The second kappa shape index (κ2) is 11.2. The van der Waals surface area contributed by atoms with Crippen LogP contribution in [0.15, 0.2) is 76.7 Å². The van der Waals surface area contributed by atoms with Crippen molar-refractivity contribution >= 4 is 45.1 Å². The topological polar surface area (TPSA) is 15.9 Å². The summed E-state index contributed by atoms with van der Waals surface area (Å²) in [5.41, 5.74) is 4.00. The summed E-state index contributed by atoms with van der Waals surface area (Å²) >= 11 is 3.68. The van der Waals surface area contributed by atoms with E-state index in [2.05, 4.69) is 110 Å². The van der Waals surface area contributed by atoms with Crippen LogP contribution in [-0.2, 0) is 13.0 Å². The summed E-state index contributed by atoms with van der Waals surface area (Å²) in [6.07, 6.45) is 14.4. The van der Waals surface area contributed by atoms with Gasteiger partial charge in [-0.05, 0) is 48.6 Å². The normalized spacial score (nSPS) is 16.7. The van der Waals surface area contributed by atoms with Gasteiger partial charge in [0.2, 0.25) is 5.52 Å². The van der Waals surface area contributed by atoms with Crippen molar-refractivity contribution in [1.82, 2.24) is 0 Å². The van der Waals surface area contributed by atoms with Crippen molar-refractivity contribution in [2.24, 2.45) is 11.8 Å². The molecule has 0 amide bonds. The van der Waals surface area contributed by atoms with E-state index in [1.165, 1.54) is 49.2 Å². The van der Waals surface area contributed by atoms with E-state index in [1.807, 2.05) is 23.1 Å². The number of hydrogen-bond acceptors (Lipinski definition) is 3. The molecule has 1 aromatic heterocycles. The fourth-order valence-corrected chi connectivity index (χ4v) is 5.93. The first-order valence-corrected chi connectivity index (χ1v) is 13.7. The molecule has 0 bridgehead atoms. The van der Waals surface area contributed by atoms with Crippen LogP contribution in [0, 0.1) is 11.8 Å². The Bertz CT molecular complexity index is 1190. The van der Waals surface area contributed by atoms with Gasteiger partial charge in [0.15, 0.2) is 6.54 Å². The molecule has 2 atom stereocenters. The number of nitrogens with zero attached hydrogens (tertiary/aromatic N) is 1. The second-order valence-electron chi connectivity index (χ2n) is 9.08. The third-order valence-electron chi connectivity index (χ3n) is 6.34. The minimum absolute atomic E-state index is 0.665. The van der Waals surface area contributed by atoms with Gasteiger partial charge >= 0.3 is 0 Å². The summed E-state index contributed by atoms with van der Waals surface area (Å²) in [5, 5.41) is 6.07. The highest BCUT2D eigenvalue weighted by Crippen LogP contribution is 2.41. The Kier molecular flexibility index (Phi) is 8.11. The number of thioether (sulfide) groups is 1. The second-order valence-corrected chi connectivity index (χ2v) is 11.2. The maximum absolute atomic E-state index is 3.58. The molecule has 0 spiro atoms. The summed E-state index contributed by atoms with van der Waals surface area (Å²) in [4.78, 5) is 1.31. The zero-order valence-electron chi connectivity index (χ0n) is 20.2. The molecule has 0 aliphatic carbocycles. The first-order valence-electron chi connectivity index (χ1n) is 12.1. The Labute approximate surface area is 207 Å². The number of hydrogen-bond donors (Lipinski definition) is 1. The minimum Gasteiger partial charge on any atom is -0.349 e. The highest BCUT2D eigenvalue weighted by Gasteiger charge is 2.20. The third-order valence-corrected chi connectivity index (χ3v) is 8.50. The molecule has 1 N–H and O–H groups in total. The van der Waals surface area contributed by atoms with E-state index in [9.17, 15) is 0 Å². The molecule has 33 heavy (non-hydrogen) atoms. The zero-order chi connectivity index (χ0) is 23.2. The predicted octanol–water partition coefficient (Wildman–Crippen LogP) is 8.45. The van der Waals surface area contributed by atoms with E-state index in [-0.39, 0.29) is 0 Å². The number of para-hydroxylation sites is 1. The summed E-state index contributed by atoms with van der Waals surface area (Å²) in [7, 11) is 0. The molecule has 1 aliphatic rings. The number of thiazole rings is 1. The van der Waals surface area contributed by atoms with Gasteiger partial charge in [-0.2, -0.15) is 4.57 Å². The maximum atomic E-state index is 3.58. The van der Waals surface area contributed by atoms with E-state index >= 15 is 0 Å². The molecule has 4 heteroatoms. The van der Waals surface area contributed by atoms with Gasteiger partial charge in [0.25, 0.3) is 5.01 Å². The van der Waals surface area contributed by atoms with Crippen LogP contribution in [0.2, 0.25) is 0 Å². The van der Waals surface area contributed by atoms with E-state index in [4.69, 9.17) is 0 Å². The van der Waals surface area contributed by atoms with Gasteiger partial charge < -0.3 is 5.32 Å².